The lowest BCUT2D eigenvalue weighted by molar-refractivity contribution is -0.0173. The van der Waals surface area contributed by atoms with Crippen LogP contribution in [0, 0.1) is 5.41 Å². The minimum Gasteiger partial charge on any atom is -0.390 e. The van der Waals surface area contributed by atoms with Crippen LogP contribution in [-0.2, 0) is 0 Å². The highest BCUT2D eigenvalue weighted by Crippen LogP contribution is 2.30. The van der Waals surface area contributed by atoms with E-state index in [1.54, 1.807) is 0 Å². The van der Waals surface area contributed by atoms with Crippen molar-refractivity contribution in [3.63, 3.8) is 0 Å². The number of hydrogen-bond acceptors (Lipinski definition) is 3. The number of hydrogen-bond donors (Lipinski definition) is 2. The van der Waals surface area contributed by atoms with E-state index in [0.29, 0.717) is 5.41 Å². The summed E-state index contributed by atoms with van der Waals surface area (Å²) in [6.45, 7) is 17.6. The fraction of sp³-hybridized carbons (Fsp3) is 1.00. The zero-order valence-corrected chi connectivity index (χ0v) is 14.6. The van der Waals surface area contributed by atoms with Gasteiger partial charge >= 0.3 is 0 Å². The molecule has 0 aromatic rings. The molecule has 0 spiro atoms. The van der Waals surface area contributed by atoms with Gasteiger partial charge in [-0.15, -0.1) is 0 Å². The van der Waals surface area contributed by atoms with Crippen molar-refractivity contribution in [2.75, 3.05) is 26.2 Å². The van der Waals surface area contributed by atoms with Gasteiger partial charge in [-0.1, -0.05) is 13.8 Å². The normalized spacial score (nSPS) is 21.1. The van der Waals surface area contributed by atoms with Crippen molar-refractivity contribution in [2.45, 2.75) is 78.4 Å². The summed E-state index contributed by atoms with van der Waals surface area (Å²) in [6, 6.07) is 0. The monoisotopic (exact) mass is 284 g/mol. The summed E-state index contributed by atoms with van der Waals surface area (Å²) in [5, 5.41) is 13.8. The van der Waals surface area contributed by atoms with Crippen LogP contribution in [0.5, 0.6) is 0 Å². The van der Waals surface area contributed by atoms with Crippen LogP contribution < -0.4 is 5.32 Å². The molecule has 120 valence electrons. The molecule has 1 aliphatic heterocycles. The molecule has 20 heavy (non-hydrogen) atoms. The smallest absolute Gasteiger partial charge is 0.0644 e. The quantitative estimate of drug-likeness (QED) is 0.787. The maximum absolute atomic E-state index is 10.1. The average molecular weight is 284 g/mol. The molecular weight excluding hydrogens is 248 g/mol. The molecule has 0 aromatic heterocycles. The van der Waals surface area contributed by atoms with Gasteiger partial charge in [-0.05, 0) is 58.8 Å². The highest BCUT2D eigenvalue weighted by molar-refractivity contribution is 4.89. The second-order valence-electron chi connectivity index (χ2n) is 8.08. The van der Waals surface area contributed by atoms with Gasteiger partial charge in [0.05, 0.1) is 5.60 Å². The Labute approximate surface area is 126 Å². The Balaban J connectivity index is 2.58. The van der Waals surface area contributed by atoms with E-state index < -0.39 is 5.60 Å². The van der Waals surface area contributed by atoms with E-state index in [1.165, 1.54) is 12.8 Å². The van der Waals surface area contributed by atoms with Crippen molar-refractivity contribution >= 4 is 0 Å². The molecule has 0 aliphatic carbocycles. The SMILES string of the molecule is CCC(CC)(CNC(C)(C)C)CN1CCC(C)(O)CC1. The Hall–Kier alpha value is -0.120. The largest absolute Gasteiger partial charge is 0.390 e. The lowest BCUT2D eigenvalue weighted by Crippen LogP contribution is -2.51. The van der Waals surface area contributed by atoms with Gasteiger partial charge in [0.2, 0.25) is 0 Å². The number of nitrogens with one attached hydrogen (secondary N) is 1. The number of nitrogens with zero attached hydrogens (tertiary/aromatic N) is 1. The zero-order chi connectivity index (χ0) is 15.4. The fourth-order valence-corrected chi connectivity index (χ4v) is 2.90. The summed E-state index contributed by atoms with van der Waals surface area (Å²) in [4.78, 5) is 2.55. The first-order valence-electron chi connectivity index (χ1n) is 8.31. The summed E-state index contributed by atoms with van der Waals surface area (Å²) in [6.07, 6.45) is 4.23. The van der Waals surface area contributed by atoms with Crippen molar-refractivity contribution in [3.05, 3.63) is 0 Å². The number of likely N-dealkylation sites (tertiary alicyclic amines) is 1. The molecule has 0 aromatic carbocycles. The summed E-state index contributed by atoms with van der Waals surface area (Å²) >= 11 is 0. The summed E-state index contributed by atoms with van der Waals surface area (Å²) < 4.78 is 0. The van der Waals surface area contributed by atoms with E-state index in [4.69, 9.17) is 0 Å². The van der Waals surface area contributed by atoms with Crippen molar-refractivity contribution in [2.24, 2.45) is 5.41 Å². The van der Waals surface area contributed by atoms with Gasteiger partial charge in [-0.2, -0.15) is 0 Å². The maximum Gasteiger partial charge on any atom is 0.0644 e. The molecule has 0 amide bonds. The number of piperidine rings is 1. The molecule has 0 unspecified atom stereocenters. The molecule has 1 aliphatic rings. The van der Waals surface area contributed by atoms with Crippen molar-refractivity contribution < 1.29 is 5.11 Å². The van der Waals surface area contributed by atoms with E-state index in [9.17, 15) is 5.11 Å². The lowest BCUT2D eigenvalue weighted by atomic mass is 9.80. The molecule has 2 N–H and O–H groups in total. The first kappa shape index (κ1) is 17.9. The Morgan fingerprint density at radius 2 is 1.60 bits per heavy atom. The second-order valence-corrected chi connectivity index (χ2v) is 8.08. The van der Waals surface area contributed by atoms with E-state index in [-0.39, 0.29) is 5.54 Å². The van der Waals surface area contributed by atoms with E-state index >= 15 is 0 Å². The predicted molar refractivity (Wildman–Crippen MR) is 87.1 cm³/mol. The van der Waals surface area contributed by atoms with Crippen molar-refractivity contribution in [1.29, 1.82) is 0 Å². The van der Waals surface area contributed by atoms with Gasteiger partial charge in [-0.25, -0.2) is 0 Å². The first-order valence-corrected chi connectivity index (χ1v) is 8.31. The molecule has 0 bridgehead atoms. The molecule has 1 heterocycles. The van der Waals surface area contributed by atoms with Gasteiger partial charge in [0.15, 0.2) is 0 Å². The van der Waals surface area contributed by atoms with Crippen LogP contribution in [0.2, 0.25) is 0 Å². The lowest BCUT2D eigenvalue weighted by Gasteiger charge is -2.43. The number of aliphatic hydroxyl groups is 1. The van der Waals surface area contributed by atoms with Gasteiger partial charge in [0, 0.05) is 31.7 Å². The third kappa shape index (κ3) is 5.71. The maximum atomic E-state index is 10.1. The zero-order valence-electron chi connectivity index (χ0n) is 14.6. The summed E-state index contributed by atoms with van der Waals surface area (Å²) in [7, 11) is 0. The van der Waals surface area contributed by atoms with Crippen molar-refractivity contribution in [1.82, 2.24) is 10.2 Å². The van der Waals surface area contributed by atoms with Gasteiger partial charge < -0.3 is 15.3 Å². The molecule has 1 saturated heterocycles. The minimum absolute atomic E-state index is 0.182. The highest BCUT2D eigenvalue weighted by atomic mass is 16.3. The number of rotatable bonds is 6. The van der Waals surface area contributed by atoms with E-state index in [1.807, 2.05) is 6.92 Å². The molecule has 0 saturated carbocycles. The Bertz CT molecular complexity index is 280. The molecule has 0 atom stereocenters. The minimum atomic E-state index is -0.443. The van der Waals surface area contributed by atoms with Crippen molar-refractivity contribution in [3.8, 4) is 0 Å². The highest BCUT2D eigenvalue weighted by Gasteiger charge is 2.33. The van der Waals surface area contributed by atoms with E-state index in [2.05, 4.69) is 44.8 Å². The Morgan fingerprint density at radius 3 is 2.00 bits per heavy atom. The predicted octanol–water partition coefficient (Wildman–Crippen LogP) is 3.03. The summed E-state index contributed by atoms with van der Waals surface area (Å²) in [5.41, 5.74) is 0.0961. The molecule has 1 rings (SSSR count). The molecule has 0 radical (unpaired) electrons. The van der Waals surface area contributed by atoms with Crippen LogP contribution in [0.25, 0.3) is 0 Å². The first-order chi connectivity index (χ1) is 9.11. The van der Waals surface area contributed by atoms with Crippen LogP contribution in [-0.4, -0.2) is 47.3 Å². The third-order valence-corrected chi connectivity index (χ3v) is 4.99. The third-order valence-electron chi connectivity index (χ3n) is 4.99. The Kier molecular flexibility index (Phi) is 6.06. The van der Waals surface area contributed by atoms with Crippen LogP contribution in [0.15, 0.2) is 0 Å². The molecule has 3 nitrogen and oxygen atoms in total. The van der Waals surface area contributed by atoms with Crippen LogP contribution in [0.3, 0.4) is 0 Å². The van der Waals surface area contributed by atoms with Crippen LogP contribution in [0.4, 0.5) is 0 Å². The van der Waals surface area contributed by atoms with Gasteiger partial charge in [0.1, 0.15) is 0 Å². The van der Waals surface area contributed by atoms with Gasteiger partial charge in [-0.3, -0.25) is 0 Å². The average Bonchev–Trinajstić information content (AvgIpc) is 2.36. The van der Waals surface area contributed by atoms with Crippen LogP contribution in [0.1, 0.15) is 67.2 Å². The molecule has 3 heteroatoms. The van der Waals surface area contributed by atoms with E-state index in [0.717, 1.165) is 39.0 Å². The topological polar surface area (TPSA) is 35.5 Å². The van der Waals surface area contributed by atoms with Crippen LogP contribution >= 0.6 is 0 Å². The standard InChI is InChI=1S/C17H36N2O/c1-7-17(8-2,13-18-15(3,4)5)14-19-11-9-16(6,20)10-12-19/h18,20H,7-14H2,1-6H3. The Morgan fingerprint density at radius 1 is 1.10 bits per heavy atom. The second kappa shape index (κ2) is 6.76. The molecular formula is C17H36N2O. The van der Waals surface area contributed by atoms with Gasteiger partial charge in [0.25, 0.3) is 0 Å². The molecule has 1 fully saturated rings. The summed E-state index contributed by atoms with van der Waals surface area (Å²) in [5.74, 6) is 0. The fourth-order valence-electron chi connectivity index (χ4n) is 2.90.